The standard InChI is InChI=1S/C16H22N4/c1-3-7-18-12-15-6-10-19-16(11-15)20(2)13-14-4-8-17-9-5-14/h4-6,8-11,18H,3,7,12-13H2,1-2H3. The molecule has 2 aromatic rings. The average molecular weight is 270 g/mol. The van der Waals surface area contributed by atoms with Crippen LogP contribution in [0.2, 0.25) is 0 Å². The lowest BCUT2D eigenvalue weighted by molar-refractivity contribution is 0.674. The van der Waals surface area contributed by atoms with Gasteiger partial charge >= 0.3 is 0 Å². The van der Waals surface area contributed by atoms with Crippen LogP contribution < -0.4 is 10.2 Å². The number of pyridine rings is 2. The lowest BCUT2D eigenvalue weighted by atomic mass is 10.2. The molecule has 0 spiro atoms. The summed E-state index contributed by atoms with van der Waals surface area (Å²) in [6, 6.07) is 8.27. The summed E-state index contributed by atoms with van der Waals surface area (Å²) in [4.78, 5) is 10.6. The second kappa shape index (κ2) is 7.60. The molecule has 0 saturated heterocycles. The molecule has 0 aliphatic heterocycles. The molecule has 0 aromatic carbocycles. The van der Waals surface area contributed by atoms with Crippen LogP contribution >= 0.6 is 0 Å². The largest absolute Gasteiger partial charge is 0.355 e. The molecule has 0 aliphatic carbocycles. The van der Waals surface area contributed by atoms with Gasteiger partial charge in [0.25, 0.3) is 0 Å². The molecule has 2 heterocycles. The molecule has 0 fully saturated rings. The highest BCUT2D eigenvalue weighted by atomic mass is 15.2. The first-order valence-electron chi connectivity index (χ1n) is 7.05. The van der Waals surface area contributed by atoms with Crippen LogP contribution in [0.1, 0.15) is 24.5 Å². The quantitative estimate of drug-likeness (QED) is 0.785. The Bertz CT molecular complexity index is 513. The Hall–Kier alpha value is -1.94. The van der Waals surface area contributed by atoms with Gasteiger partial charge < -0.3 is 10.2 Å². The molecule has 0 radical (unpaired) electrons. The summed E-state index contributed by atoms with van der Waals surface area (Å²) in [7, 11) is 2.06. The zero-order valence-corrected chi connectivity index (χ0v) is 12.2. The Kier molecular flexibility index (Phi) is 5.50. The topological polar surface area (TPSA) is 41.1 Å². The van der Waals surface area contributed by atoms with Crippen molar-refractivity contribution in [3.8, 4) is 0 Å². The van der Waals surface area contributed by atoms with Crippen LogP contribution in [0.4, 0.5) is 5.82 Å². The first-order valence-corrected chi connectivity index (χ1v) is 7.05. The number of anilines is 1. The first kappa shape index (κ1) is 14.5. The van der Waals surface area contributed by atoms with Crippen molar-refractivity contribution in [1.82, 2.24) is 15.3 Å². The minimum Gasteiger partial charge on any atom is -0.355 e. The van der Waals surface area contributed by atoms with Crippen LogP contribution in [-0.2, 0) is 13.1 Å². The van der Waals surface area contributed by atoms with Gasteiger partial charge in [0.05, 0.1) is 0 Å². The lowest BCUT2D eigenvalue weighted by Crippen LogP contribution is -2.19. The second-order valence-corrected chi connectivity index (χ2v) is 4.91. The Morgan fingerprint density at radius 1 is 1.10 bits per heavy atom. The maximum absolute atomic E-state index is 4.45. The number of nitrogens with zero attached hydrogens (tertiary/aromatic N) is 3. The van der Waals surface area contributed by atoms with Crippen LogP contribution in [0.15, 0.2) is 42.9 Å². The van der Waals surface area contributed by atoms with E-state index >= 15 is 0 Å². The Morgan fingerprint density at radius 3 is 2.60 bits per heavy atom. The van der Waals surface area contributed by atoms with Gasteiger partial charge in [0.15, 0.2) is 0 Å². The molecule has 0 saturated carbocycles. The SMILES string of the molecule is CCCNCc1ccnc(N(C)Cc2ccncc2)c1. The number of hydrogen-bond acceptors (Lipinski definition) is 4. The molecular formula is C16H22N4. The minimum atomic E-state index is 0.835. The second-order valence-electron chi connectivity index (χ2n) is 4.91. The molecule has 0 unspecified atom stereocenters. The molecule has 2 rings (SSSR count). The van der Waals surface area contributed by atoms with E-state index in [1.807, 2.05) is 30.7 Å². The van der Waals surface area contributed by atoms with E-state index in [9.17, 15) is 0 Å². The Balaban J connectivity index is 1.99. The molecule has 0 atom stereocenters. The van der Waals surface area contributed by atoms with Gasteiger partial charge in [-0.1, -0.05) is 6.92 Å². The van der Waals surface area contributed by atoms with Crippen molar-refractivity contribution in [2.45, 2.75) is 26.4 Å². The number of nitrogens with one attached hydrogen (secondary N) is 1. The number of rotatable bonds is 7. The summed E-state index contributed by atoms with van der Waals surface area (Å²) >= 11 is 0. The van der Waals surface area contributed by atoms with Crippen LogP contribution in [0.5, 0.6) is 0 Å². The Labute approximate surface area is 120 Å². The monoisotopic (exact) mass is 270 g/mol. The van der Waals surface area contributed by atoms with E-state index in [0.717, 1.165) is 31.9 Å². The van der Waals surface area contributed by atoms with Crippen LogP contribution in [0.25, 0.3) is 0 Å². The van der Waals surface area contributed by atoms with Gasteiger partial charge in [0, 0.05) is 38.7 Å². The molecule has 4 nitrogen and oxygen atoms in total. The van der Waals surface area contributed by atoms with Crippen molar-refractivity contribution in [3.05, 3.63) is 54.0 Å². The molecule has 20 heavy (non-hydrogen) atoms. The molecule has 1 N–H and O–H groups in total. The van der Waals surface area contributed by atoms with Crippen LogP contribution in [0, 0.1) is 0 Å². The first-order chi connectivity index (χ1) is 9.79. The average Bonchev–Trinajstić information content (AvgIpc) is 2.49. The molecular weight excluding hydrogens is 248 g/mol. The number of hydrogen-bond donors (Lipinski definition) is 1. The minimum absolute atomic E-state index is 0.835. The van der Waals surface area contributed by atoms with E-state index in [1.54, 1.807) is 0 Å². The van der Waals surface area contributed by atoms with E-state index in [2.05, 4.69) is 46.3 Å². The fourth-order valence-corrected chi connectivity index (χ4v) is 2.03. The van der Waals surface area contributed by atoms with Crippen molar-refractivity contribution < 1.29 is 0 Å². The number of aromatic nitrogens is 2. The highest BCUT2D eigenvalue weighted by molar-refractivity contribution is 5.40. The van der Waals surface area contributed by atoms with Gasteiger partial charge in [0.2, 0.25) is 0 Å². The maximum Gasteiger partial charge on any atom is 0.128 e. The van der Waals surface area contributed by atoms with E-state index in [4.69, 9.17) is 0 Å². The fraction of sp³-hybridized carbons (Fsp3) is 0.375. The molecule has 0 aliphatic rings. The highest BCUT2D eigenvalue weighted by Crippen LogP contribution is 2.14. The van der Waals surface area contributed by atoms with Gasteiger partial charge in [-0.3, -0.25) is 4.98 Å². The van der Waals surface area contributed by atoms with Gasteiger partial charge in [0.1, 0.15) is 5.82 Å². The van der Waals surface area contributed by atoms with Gasteiger partial charge in [-0.25, -0.2) is 4.98 Å². The summed E-state index contributed by atoms with van der Waals surface area (Å²) in [6.45, 7) is 4.95. The predicted octanol–water partition coefficient (Wildman–Crippen LogP) is 2.61. The maximum atomic E-state index is 4.45. The van der Waals surface area contributed by atoms with Gasteiger partial charge in [-0.15, -0.1) is 0 Å². The molecule has 0 bridgehead atoms. The fourth-order valence-electron chi connectivity index (χ4n) is 2.03. The third-order valence-corrected chi connectivity index (χ3v) is 3.13. The third kappa shape index (κ3) is 4.31. The summed E-state index contributed by atoms with van der Waals surface area (Å²) < 4.78 is 0. The van der Waals surface area contributed by atoms with Gasteiger partial charge in [-0.2, -0.15) is 0 Å². The highest BCUT2D eigenvalue weighted by Gasteiger charge is 2.04. The van der Waals surface area contributed by atoms with Crippen molar-refractivity contribution in [1.29, 1.82) is 0 Å². The molecule has 4 heteroatoms. The van der Waals surface area contributed by atoms with E-state index in [-0.39, 0.29) is 0 Å². The van der Waals surface area contributed by atoms with Crippen LogP contribution in [-0.4, -0.2) is 23.6 Å². The van der Waals surface area contributed by atoms with Crippen molar-refractivity contribution in [2.24, 2.45) is 0 Å². The van der Waals surface area contributed by atoms with Gasteiger partial charge in [-0.05, 0) is 48.4 Å². The molecule has 0 amide bonds. The van der Waals surface area contributed by atoms with Crippen molar-refractivity contribution in [2.75, 3.05) is 18.5 Å². The normalized spacial score (nSPS) is 10.5. The molecule has 2 aromatic heterocycles. The lowest BCUT2D eigenvalue weighted by Gasteiger charge is -2.19. The van der Waals surface area contributed by atoms with E-state index < -0.39 is 0 Å². The Morgan fingerprint density at radius 2 is 1.85 bits per heavy atom. The van der Waals surface area contributed by atoms with Crippen molar-refractivity contribution >= 4 is 5.82 Å². The van der Waals surface area contributed by atoms with E-state index in [1.165, 1.54) is 11.1 Å². The zero-order chi connectivity index (χ0) is 14.2. The zero-order valence-electron chi connectivity index (χ0n) is 12.2. The summed E-state index contributed by atoms with van der Waals surface area (Å²) in [5, 5.41) is 3.41. The van der Waals surface area contributed by atoms with Crippen molar-refractivity contribution in [3.63, 3.8) is 0 Å². The summed E-state index contributed by atoms with van der Waals surface area (Å²) in [5.41, 5.74) is 2.50. The van der Waals surface area contributed by atoms with Crippen LogP contribution in [0.3, 0.4) is 0 Å². The summed E-state index contributed by atoms with van der Waals surface area (Å²) in [6.07, 6.45) is 6.67. The third-order valence-electron chi connectivity index (χ3n) is 3.13. The van der Waals surface area contributed by atoms with E-state index in [0.29, 0.717) is 0 Å². The summed E-state index contributed by atoms with van der Waals surface area (Å²) in [5.74, 6) is 0.998. The predicted molar refractivity (Wildman–Crippen MR) is 82.6 cm³/mol. The smallest absolute Gasteiger partial charge is 0.128 e. The molecule has 106 valence electrons.